The summed E-state index contributed by atoms with van der Waals surface area (Å²) in [5, 5.41) is 0. The zero-order chi connectivity index (χ0) is 6.69. The molecule has 1 rings (SSSR count). The molecule has 9 heavy (non-hydrogen) atoms. The monoisotopic (exact) mass is 313 g/mol. The van der Waals surface area contributed by atoms with Gasteiger partial charge in [-0.2, -0.15) is 0 Å². The van der Waals surface area contributed by atoms with Gasteiger partial charge in [0.25, 0.3) is 0 Å². The molecule has 0 amide bonds. The molecule has 0 heterocycles. The van der Waals surface area contributed by atoms with E-state index >= 15 is 0 Å². The van der Waals surface area contributed by atoms with Crippen molar-refractivity contribution in [1.82, 2.24) is 0 Å². The number of hydrogen-bond acceptors (Lipinski definition) is 1. The fourth-order valence-electron chi connectivity index (χ4n) is 0.562. The van der Waals surface area contributed by atoms with Crippen molar-refractivity contribution >= 4 is 35.2 Å². The summed E-state index contributed by atoms with van der Waals surface area (Å²) in [6.45, 7) is 0. The first-order valence-electron chi connectivity index (χ1n) is 2.60. The number of rotatable bonds is 1. The van der Waals surface area contributed by atoms with Crippen LogP contribution in [-0.4, -0.2) is 32.1 Å². The van der Waals surface area contributed by atoms with Crippen LogP contribution >= 0.6 is 0 Å². The maximum absolute atomic E-state index is 10.1. The standard InChI is InChI=1S/C7H5O.Pb/c8-6-7-4-2-1-3-5-7;/h2-6H;. The first kappa shape index (κ1) is 6.93. The van der Waals surface area contributed by atoms with E-state index < -0.39 is 0 Å². The van der Waals surface area contributed by atoms with Gasteiger partial charge in [-0.05, 0) is 0 Å². The Bertz CT molecular complexity index is 203. The van der Waals surface area contributed by atoms with Gasteiger partial charge in [0.1, 0.15) is 0 Å². The summed E-state index contributed by atoms with van der Waals surface area (Å²) in [4.78, 5) is 10.1. The molecule has 43 valence electrons. The third-order valence-corrected chi connectivity index (χ3v) is 2.34. The summed E-state index contributed by atoms with van der Waals surface area (Å²) < 4.78 is 1.32. The van der Waals surface area contributed by atoms with E-state index in [9.17, 15) is 4.79 Å². The van der Waals surface area contributed by atoms with Crippen LogP contribution in [0.5, 0.6) is 0 Å². The van der Waals surface area contributed by atoms with E-state index in [-0.39, 0.29) is 0 Å². The molecule has 1 nitrogen and oxygen atoms in total. The molecule has 1 aromatic rings. The van der Waals surface area contributed by atoms with E-state index in [2.05, 4.69) is 0 Å². The van der Waals surface area contributed by atoms with Gasteiger partial charge in [-0.15, -0.1) is 0 Å². The van der Waals surface area contributed by atoms with Crippen molar-refractivity contribution in [3.05, 3.63) is 29.8 Å². The maximum atomic E-state index is 10.1. The second-order valence-corrected chi connectivity index (χ2v) is 3.98. The number of benzene rings is 1. The quantitative estimate of drug-likeness (QED) is 0.538. The van der Waals surface area contributed by atoms with E-state index in [4.69, 9.17) is 0 Å². The molecule has 1 aromatic carbocycles. The predicted octanol–water partition coefficient (Wildman–Crippen LogP) is 0.293. The number of hydrogen-bond donors (Lipinski definition) is 0. The zero-order valence-electron chi connectivity index (χ0n) is 4.79. The first-order chi connectivity index (χ1) is 4.33. The molecule has 0 aliphatic carbocycles. The average Bonchev–Trinajstić information content (AvgIpc) is 1.90. The molecule has 2 heteroatoms. The molecule has 0 bridgehead atoms. The molecule has 0 aliphatic heterocycles. The Morgan fingerprint density at radius 3 is 2.22 bits per heavy atom. The van der Waals surface area contributed by atoms with Crippen molar-refractivity contribution in [2.45, 2.75) is 0 Å². The van der Waals surface area contributed by atoms with Crippen molar-refractivity contribution < 1.29 is 4.79 Å². The van der Waals surface area contributed by atoms with Gasteiger partial charge >= 0.3 is 69.8 Å². The Kier molecular flexibility index (Phi) is 2.39. The summed E-state index contributed by atoms with van der Waals surface area (Å²) in [6, 6.07) is 7.65. The number of carbonyl (C=O) groups is 1. The summed E-state index contributed by atoms with van der Waals surface area (Å²) in [5.41, 5.74) is 0.759. The van der Waals surface area contributed by atoms with Crippen LogP contribution in [-0.2, 0) is 0 Å². The third kappa shape index (κ3) is 1.89. The molecule has 0 unspecified atom stereocenters. The van der Waals surface area contributed by atoms with Crippen LogP contribution < -0.4 is 3.12 Å². The second-order valence-electron chi connectivity index (χ2n) is 1.74. The van der Waals surface area contributed by atoms with Gasteiger partial charge in [-0.25, -0.2) is 0 Å². The van der Waals surface area contributed by atoms with Crippen molar-refractivity contribution in [3.8, 4) is 0 Å². The minimum atomic E-state index is 0.759. The topological polar surface area (TPSA) is 17.1 Å². The van der Waals surface area contributed by atoms with Crippen LogP contribution in [0, 0.1) is 0 Å². The summed E-state index contributed by atoms with van der Waals surface area (Å²) >= 11 is 1.06. The van der Waals surface area contributed by atoms with E-state index in [1.165, 1.54) is 3.12 Å². The molecule has 0 atom stereocenters. The third-order valence-electron chi connectivity index (χ3n) is 1.05. The van der Waals surface area contributed by atoms with Crippen molar-refractivity contribution in [2.24, 2.45) is 0 Å². The molecule has 3 radical (unpaired) electrons. The van der Waals surface area contributed by atoms with Crippen LogP contribution in [0.15, 0.2) is 24.3 Å². The minimum absolute atomic E-state index is 0.759. The van der Waals surface area contributed by atoms with Crippen LogP contribution in [0.3, 0.4) is 0 Å². The Morgan fingerprint density at radius 2 is 1.78 bits per heavy atom. The summed E-state index contributed by atoms with van der Waals surface area (Å²) in [6.07, 6.45) is 0.862. The Labute approximate surface area is 69.8 Å². The fraction of sp³-hybridized carbons (Fsp3) is 0. The van der Waals surface area contributed by atoms with Gasteiger partial charge < -0.3 is 0 Å². The van der Waals surface area contributed by atoms with Crippen LogP contribution in [0.2, 0.25) is 0 Å². The van der Waals surface area contributed by atoms with Crippen LogP contribution in [0.4, 0.5) is 0 Å². The number of aldehydes is 1. The van der Waals surface area contributed by atoms with E-state index in [0.29, 0.717) is 0 Å². The first-order valence-corrected chi connectivity index (χ1v) is 4.54. The fourth-order valence-corrected chi connectivity index (χ4v) is 1.21. The predicted molar refractivity (Wildman–Crippen MR) is 37.2 cm³/mol. The zero-order valence-corrected chi connectivity index (χ0v) is 8.68. The van der Waals surface area contributed by atoms with E-state index in [1.807, 2.05) is 24.3 Å². The van der Waals surface area contributed by atoms with Gasteiger partial charge in [0.2, 0.25) is 0 Å². The Morgan fingerprint density at radius 1 is 1.22 bits per heavy atom. The average molecular weight is 312 g/mol. The molecule has 0 aliphatic rings. The molecular formula is C7H5OPb. The van der Waals surface area contributed by atoms with Gasteiger partial charge in [-0.1, -0.05) is 0 Å². The SMILES string of the molecule is O=Cc1cc[c]([Pb])cc1. The van der Waals surface area contributed by atoms with Gasteiger partial charge in [0.15, 0.2) is 0 Å². The molecular weight excluding hydrogens is 307 g/mol. The Hall–Kier alpha value is -0.188. The second kappa shape index (κ2) is 3.10. The molecule has 0 N–H and O–H groups in total. The Balaban J connectivity index is 3.01. The van der Waals surface area contributed by atoms with Crippen LogP contribution in [0.25, 0.3) is 0 Å². The van der Waals surface area contributed by atoms with Crippen LogP contribution in [0.1, 0.15) is 10.4 Å². The normalized spacial score (nSPS) is 9.00. The van der Waals surface area contributed by atoms with Crippen molar-refractivity contribution in [3.63, 3.8) is 0 Å². The summed E-state index contributed by atoms with van der Waals surface area (Å²) in [5.74, 6) is 0. The van der Waals surface area contributed by atoms with E-state index in [0.717, 1.165) is 37.6 Å². The van der Waals surface area contributed by atoms with E-state index in [1.54, 1.807) is 0 Å². The number of carbonyl (C=O) groups excluding carboxylic acids is 1. The molecule has 0 saturated carbocycles. The van der Waals surface area contributed by atoms with Crippen molar-refractivity contribution in [2.75, 3.05) is 0 Å². The van der Waals surface area contributed by atoms with Crippen molar-refractivity contribution in [1.29, 1.82) is 0 Å². The molecule has 0 saturated heterocycles. The van der Waals surface area contributed by atoms with Gasteiger partial charge in [-0.3, -0.25) is 0 Å². The van der Waals surface area contributed by atoms with Gasteiger partial charge in [0.05, 0.1) is 0 Å². The molecule has 0 spiro atoms. The summed E-state index contributed by atoms with van der Waals surface area (Å²) in [7, 11) is 0. The molecule has 0 fully saturated rings. The molecule has 0 aromatic heterocycles. The van der Waals surface area contributed by atoms with Gasteiger partial charge in [0, 0.05) is 0 Å².